The summed E-state index contributed by atoms with van der Waals surface area (Å²) < 4.78 is 0. The molecule has 3 rings (SSSR count). The molecule has 0 spiro atoms. The number of amides is 3. The van der Waals surface area contributed by atoms with Gasteiger partial charge in [0.1, 0.15) is 0 Å². The lowest BCUT2D eigenvalue weighted by Crippen LogP contribution is -2.39. The van der Waals surface area contributed by atoms with Gasteiger partial charge in [0.15, 0.2) is 0 Å². The second-order valence-electron chi connectivity index (χ2n) is 5.97. The monoisotopic (exact) mass is 355 g/mol. The number of hydrogen-bond donors (Lipinski definition) is 2. The Kier molecular flexibility index (Phi) is 5.50. The Balaban J connectivity index is 1.63. The van der Waals surface area contributed by atoms with E-state index >= 15 is 0 Å². The summed E-state index contributed by atoms with van der Waals surface area (Å²) in [6.07, 6.45) is 3.17. The van der Waals surface area contributed by atoms with E-state index in [4.69, 9.17) is 5.73 Å². The molecule has 0 aliphatic carbocycles. The zero-order valence-corrected chi connectivity index (χ0v) is 14.7. The zero-order chi connectivity index (χ0) is 17.6. The molecule has 1 unspecified atom stereocenters. The van der Waals surface area contributed by atoms with E-state index in [9.17, 15) is 9.59 Å². The van der Waals surface area contributed by atoms with E-state index in [2.05, 4.69) is 23.5 Å². The molecular formula is C19H21N3O2S. The first-order valence-corrected chi connectivity index (χ1v) is 9.13. The predicted octanol–water partition coefficient (Wildman–Crippen LogP) is 3.16. The van der Waals surface area contributed by atoms with Gasteiger partial charge in [-0.3, -0.25) is 4.79 Å². The number of hydrogen-bond acceptors (Lipinski definition) is 3. The molecule has 1 aliphatic rings. The Hall–Kier alpha value is -2.60. The summed E-state index contributed by atoms with van der Waals surface area (Å²) in [5, 5.41) is 4.60. The number of nitrogens with one attached hydrogen (secondary N) is 1. The molecular weight excluding hydrogens is 334 g/mol. The van der Waals surface area contributed by atoms with E-state index in [1.807, 2.05) is 40.6 Å². The second-order valence-corrected chi connectivity index (χ2v) is 6.95. The number of benzene rings is 1. The van der Waals surface area contributed by atoms with Gasteiger partial charge in [-0.1, -0.05) is 42.5 Å². The van der Waals surface area contributed by atoms with Crippen LogP contribution in [0.1, 0.15) is 29.3 Å². The summed E-state index contributed by atoms with van der Waals surface area (Å²) in [5.41, 5.74) is 7.74. The second kappa shape index (κ2) is 7.98. The molecule has 130 valence electrons. The molecule has 1 aromatic carbocycles. The lowest BCUT2D eigenvalue weighted by atomic mass is 9.99. The molecule has 2 aromatic rings. The van der Waals surface area contributed by atoms with Crippen LogP contribution in [0.3, 0.4) is 0 Å². The number of nitrogens with zero attached hydrogens (tertiary/aromatic N) is 1. The Bertz CT molecular complexity index is 756. The van der Waals surface area contributed by atoms with Gasteiger partial charge in [-0.2, -0.15) is 0 Å². The van der Waals surface area contributed by atoms with Crippen molar-refractivity contribution in [2.45, 2.75) is 18.9 Å². The third-order valence-electron chi connectivity index (χ3n) is 4.29. The van der Waals surface area contributed by atoms with Crippen molar-refractivity contribution in [3.8, 4) is 0 Å². The fraction of sp³-hybridized carbons (Fsp3) is 0.263. The SMILES string of the molecule is NC(=O)NC(CC(=O)N1CC=C(c2ccccc2)CC1)c1cccs1. The average Bonchev–Trinajstić information content (AvgIpc) is 3.16. The number of carbonyl (C=O) groups excluding carboxylic acids is 2. The molecule has 0 bridgehead atoms. The van der Waals surface area contributed by atoms with Gasteiger partial charge in [0.25, 0.3) is 0 Å². The van der Waals surface area contributed by atoms with Crippen LogP contribution in [0.5, 0.6) is 0 Å². The van der Waals surface area contributed by atoms with Gasteiger partial charge in [-0.05, 0) is 29.0 Å². The molecule has 1 aromatic heterocycles. The van der Waals surface area contributed by atoms with E-state index < -0.39 is 6.03 Å². The largest absolute Gasteiger partial charge is 0.352 e. The first-order valence-electron chi connectivity index (χ1n) is 8.25. The van der Waals surface area contributed by atoms with E-state index in [-0.39, 0.29) is 18.4 Å². The maximum atomic E-state index is 12.6. The summed E-state index contributed by atoms with van der Waals surface area (Å²) in [6, 6.07) is 13.0. The number of thiophene rings is 1. The summed E-state index contributed by atoms with van der Waals surface area (Å²) in [4.78, 5) is 26.6. The van der Waals surface area contributed by atoms with Crippen molar-refractivity contribution in [3.05, 3.63) is 64.4 Å². The normalized spacial score (nSPS) is 15.4. The molecule has 0 radical (unpaired) electrons. The molecule has 3 amide bonds. The van der Waals surface area contributed by atoms with Crippen molar-refractivity contribution < 1.29 is 9.59 Å². The van der Waals surface area contributed by atoms with Crippen LogP contribution in [0.4, 0.5) is 4.79 Å². The van der Waals surface area contributed by atoms with Gasteiger partial charge >= 0.3 is 6.03 Å². The van der Waals surface area contributed by atoms with Gasteiger partial charge in [0, 0.05) is 18.0 Å². The van der Waals surface area contributed by atoms with Crippen molar-refractivity contribution in [2.75, 3.05) is 13.1 Å². The summed E-state index contributed by atoms with van der Waals surface area (Å²) in [5.74, 6) is 0.0236. The highest BCUT2D eigenvalue weighted by Crippen LogP contribution is 2.25. The zero-order valence-electron chi connectivity index (χ0n) is 13.9. The molecule has 0 fully saturated rings. The molecule has 2 heterocycles. The maximum absolute atomic E-state index is 12.6. The molecule has 25 heavy (non-hydrogen) atoms. The van der Waals surface area contributed by atoms with Crippen LogP contribution in [0.2, 0.25) is 0 Å². The summed E-state index contributed by atoms with van der Waals surface area (Å²) >= 11 is 1.51. The minimum absolute atomic E-state index is 0.0236. The minimum atomic E-state index is -0.615. The standard InChI is InChI=1S/C19H21N3O2S/c20-19(24)21-16(17-7-4-12-25-17)13-18(23)22-10-8-15(9-11-22)14-5-2-1-3-6-14/h1-8,12,16H,9-11,13H2,(H3,20,21,24). The predicted molar refractivity (Wildman–Crippen MR) is 100 cm³/mol. The third-order valence-corrected chi connectivity index (χ3v) is 5.27. The lowest BCUT2D eigenvalue weighted by Gasteiger charge is -2.28. The van der Waals surface area contributed by atoms with Crippen molar-refractivity contribution >= 4 is 28.8 Å². The number of urea groups is 1. The molecule has 1 aliphatic heterocycles. The summed E-state index contributed by atoms with van der Waals surface area (Å²) in [7, 11) is 0. The van der Waals surface area contributed by atoms with Gasteiger partial charge < -0.3 is 16.0 Å². The number of primary amides is 1. The fourth-order valence-corrected chi connectivity index (χ4v) is 3.78. The maximum Gasteiger partial charge on any atom is 0.312 e. The number of nitrogens with two attached hydrogens (primary N) is 1. The van der Waals surface area contributed by atoms with Crippen molar-refractivity contribution in [1.29, 1.82) is 0 Å². The Morgan fingerprint density at radius 1 is 1.20 bits per heavy atom. The Morgan fingerprint density at radius 3 is 2.60 bits per heavy atom. The van der Waals surface area contributed by atoms with Crippen molar-refractivity contribution in [2.24, 2.45) is 5.73 Å². The van der Waals surface area contributed by atoms with Crippen LogP contribution < -0.4 is 11.1 Å². The van der Waals surface area contributed by atoms with E-state index in [0.29, 0.717) is 13.1 Å². The van der Waals surface area contributed by atoms with Crippen molar-refractivity contribution in [1.82, 2.24) is 10.2 Å². The van der Waals surface area contributed by atoms with Crippen LogP contribution in [-0.2, 0) is 4.79 Å². The highest BCUT2D eigenvalue weighted by Gasteiger charge is 2.23. The molecule has 5 nitrogen and oxygen atoms in total. The van der Waals surface area contributed by atoms with Crippen LogP contribution in [-0.4, -0.2) is 29.9 Å². The van der Waals surface area contributed by atoms with Crippen LogP contribution >= 0.6 is 11.3 Å². The number of carbonyl (C=O) groups is 2. The fourth-order valence-electron chi connectivity index (χ4n) is 3.00. The average molecular weight is 355 g/mol. The first-order chi connectivity index (χ1) is 12.1. The summed E-state index contributed by atoms with van der Waals surface area (Å²) in [6.45, 7) is 1.28. The quantitative estimate of drug-likeness (QED) is 0.864. The van der Waals surface area contributed by atoms with Crippen LogP contribution in [0.25, 0.3) is 5.57 Å². The highest BCUT2D eigenvalue weighted by atomic mass is 32.1. The van der Waals surface area contributed by atoms with Crippen LogP contribution in [0.15, 0.2) is 53.9 Å². The van der Waals surface area contributed by atoms with Gasteiger partial charge in [0.2, 0.25) is 5.91 Å². The van der Waals surface area contributed by atoms with Crippen molar-refractivity contribution in [3.63, 3.8) is 0 Å². The smallest absolute Gasteiger partial charge is 0.312 e. The topological polar surface area (TPSA) is 75.4 Å². The van der Waals surface area contributed by atoms with E-state index in [1.54, 1.807) is 0 Å². The van der Waals surface area contributed by atoms with Gasteiger partial charge in [0.05, 0.1) is 12.5 Å². The third kappa shape index (κ3) is 4.48. The Labute approximate surface area is 151 Å². The lowest BCUT2D eigenvalue weighted by molar-refractivity contribution is -0.131. The van der Waals surface area contributed by atoms with Gasteiger partial charge in [-0.15, -0.1) is 11.3 Å². The number of rotatable bonds is 5. The van der Waals surface area contributed by atoms with E-state index in [0.717, 1.165) is 11.3 Å². The molecule has 3 N–H and O–H groups in total. The van der Waals surface area contributed by atoms with Crippen LogP contribution in [0, 0.1) is 0 Å². The molecule has 0 saturated heterocycles. The molecule has 1 atom stereocenters. The Morgan fingerprint density at radius 2 is 2.00 bits per heavy atom. The highest BCUT2D eigenvalue weighted by molar-refractivity contribution is 7.10. The first kappa shape index (κ1) is 17.2. The minimum Gasteiger partial charge on any atom is -0.352 e. The van der Waals surface area contributed by atoms with E-state index in [1.165, 1.54) is 22.5 Å². The van der Waals surface area contributed by atoms with Gasteiger partial charge in [-0.25, -0.2) is 4.79 Å². The molecule has 0 saturated carbocycles. The molecule has 6 heteroatoms.